The number of ether oxygens (including phenoxy) is 3. The summed E-state index contributed by atoms with van der Waals surface area (Å²) in [5, 5.41) is 0. The molecule has 2 aromatic rings. The van der Waals surface area contributed by atoms with E-state index in [0.717, 1.165) is 16.7 Å². The zero-order valence-electron chi connectivity index (χ0n) is 16.6. The van der Waals surface area contributed by atoms with Gasteiger partial charge in [0.05, 0.1) is 14.2 Å². The number of methoxy groups -OCH3 is 2. The number of carbonyl (C=O) groups is 2. The average molecular weight is 383 g/mol. The van der Waals surface area contributed by atoms with Gasteiger partial charge in [-0.2, -0.15) is 0 Å². The summed E-state index contributed by atoms with van der Waals surface area (Å²) in [5.41, 5.74) is 2.91. The van der Waals surface area contributed by atoms with Crippen LogP contribution in [0.3, 0.4) is 0 Å². The minimum Gasteiger partial charge on any atom is -0.493 e. The van der Waals surface area contributed by atoms with Gasteiger partial charge in [0, 0.05) is 19.7 Å². The molecule has 28 heavy (non-hydrogen) atoms. The van der Waals surface area contributed by atoms with Crippen LogP contribution in [0.2, 0.25) is 0 Å². The highest BCUT2D eigenvalue weighted by atomic mass is 16.5. The fourth-order valence-electron chi connectivity index (χ4n) is 2.54. The van der Waals surface area contributed by atoms with Crippen LogP contribution in [0.1, 0.15) is 16.7 Å². The number of nitrogens with zero attached hydrogens (tertiary/aromatic N) is 1. The molecule has 0 heterocycles. The smallest absolute Gasteiger partial charge is 0.331 e. The van der Waals surface area contributed by atoms with E-state index in [4.69, 9.17) is 14.2 Å². The molecular weight excluding hydrogens is 358 g/mol. The highest BCUT2D eigenvalue weighted by Gasteiger charge is 2.12. The van der Waals surface area contributed by atoms with E-state index in [-0.39, 0.29) is 12.5 Å². The molecule has 0 atom stereocenters. The number of rotatable bonds is 8. The summed E-state index contributed by atoms with van der Waals surface area (Å²) >= 11 is 0. The number of benzene rings is 2. The molecule has 2 rings (SSSR count). The Morgan fingerprint density at radius 2 is 1.75 bits per heavy atom. The third-order valence-corrected chi connectivity index (χ3v) is 4.25. The SMILES string of the molecule is COc1ccc(/C=C/C(=O)OCC(=O)N(C)Cc2ccccc2C)cc1OC. The molecule has 0 spiro atoms. The largest absolute Gasteiger partial charge is 0.493 e. The Labute approximate surface area is 165 Å². The molecule has 148 valence electrons. The van der Waals surface area contributed by atoms with Gasteiger partial charge in [-0.3, -0.25) is 4.79 Å². The third-order valence-electron chi connectivity index (χ3n) is 4.25. The zero-order chi connectivity index (χ0) is 20.5. The van der Waals surface area contributed by atoms with Gasteiger partial charge in [-0.1, -0.05) is 30.3 Å². The summed E-state index contributed by atoms with van der Waals surface area (Å²) in [4.78, 5) is 25.6. The number of amides is 1. The Kier molecular flexibility index (Phi) is 7.63. The van der Waals surface area contributed by atoms with Crippen molar-refractivity contribution in [3.05, 3.63) is 65.2 Å². The average Bonchev–Trinajstić information content (AvgIpc) is 2.71. The quantitative estimate of drug-likeness (QED) is 0.517. The first-order chi connectivity index (χ1) is 13.4. The predicted molar refractivity (Wildman–Crippen MR) is 107 cm³/mol. The molecular formula is C22H25NO5. The first-order valence-corrected chi connectivity index (χ1v) is 8.80. The van der Waals surface area contributed by atoms with Crippen molar-refractivity contribution in [3.8, 4) is 11.5 Å². The van der Waals surface area contributed by atoms with E-state index in [9.17, 15) is 9.59 Å². The van der Waals surface area contributed by atoms with Crippen LogP contribution >= 0.6 is 0 Å². The van der Waals surface area contributed by atoms with E-state index in [2.05, 4.69) is 0 Å². The van der Waals surface area contributed by atoms with Gasteiger partial charge in [-0.25, -0.2) is 4.79 Å². The maximum atomic E-state index is 12.2. The lowest BCUT2D eigenvalue weighted by Gasteiger charge is -2.18. The molecule has 0 saturated carbocycles. The van der Waals surface area contributed by atoms with Crippen LogP contribution < -0.4 is 9.47 Å². The van der Waals surface area contributed by atoms with Gasteiger partial charge in [0.15, 0.2) is 18.1 Å². The fourth-order valence-corrected chi connectivity index (χ4v) is 2.54. The van der Waals surface area contributed by atoms with E-state index in [1.807, 2.05) is 31.2 Å². The zero-order valence-corrected chi connectivity index (χ0v) is 16.6. The Morgan fingerprint density at radius 3 is 2.43 bits per heavy atom. The number of aryl methyl sites for hydroxylation is 1. The minimum atomic E-state index is -0.590. The van der Waals surface area contributed by atoms with Gasteiger partial charge < -0.3 is 19.1 Å². The highest BCUT2D eigenvalue weighted by molar-refractivity contribution is 5.89. The predicted octanol–water partition coefficient (Wildman–Crippen LogP) is 3.23. The molecule has 0 aliphatic carbocycles. The van der Waals surface area contributed by atoms with Crippen molar-refractivity contribution >= 4 is 18.0 Å². The van der Waals surface area contributed by atoms with Crippen LogP contribution in [0.4, 0.5) is 0 Å². The molecule has 2 aromatic carbocycles. The molecule has 0 aliphatic heterocycles. The molecule has 0 N–H and O–H groups in total. The maximum Gasteiger partial charge on any atom is 0.331 e. The van der Waals surface area contributed by atoms with E-state index in [1.165, 1.54) is 11.0 Å². The first kappa shape index (κ1) is 21.0. The summed E-state index contributed by atoms with van der Waals surface area (Å²) < 4.78 is 15.4. The molecule has 0 saturated heterocycles. The van der Waals surface area contributed by atoms with E-state index in [0.29, 0.717) is 18.0 Å². The van der Waals surface area contributed by atoms with Gasteiger partial charge in [0.25, 0.3) is 5.91 Å². The van der Waals surface area contributed by atoms with Crippen molar-refractivity contribution in [2.24, 2.45) is 0 Å². The van der Waals surface area contributed by atoms with Crippen LogP contribution in [0, 0.1) is 6.92 Å². The highest BCUT2D eigenvalue weighted by Crippen LogP contribution is 2.27. The summed E-state index contributed by atoms with van der Waals surface area (Å²) in [6.45, 7) is 2.15. The van der Waals surface area contributed by atoms with E-state index < -0.39 is 5.97 Å². The van der Waals surface area contributed by atoms with Gasteiger partial charge in [-0.05, 0) is 41.8 Å². The monoisotopic (exact) mass is 383 g/mol. The Bertz CT molecular complexity index is 860. The van der Waals surface area contributed by atoms with Crippen molar-refractivity contribution in [3.63, 3.8) is 0 Å². The van der Waals surface area contributed by atoms with Crippen molar-refractivity contribution in [2.75, 3.05) is 27.9 Å². The van der Waals surface area contributed by atoms with Crippen molar-refractivity contribution in [2.45, 2.75) is 13.5 Å². The lowest BCUT2D eigenvalue weighted by atomic mass is 10.1. The minimum absolute atomic E-state index is 0.267. The van der Waals surface area contributed by atoms with Crippen LogP contribution in [-0.4, -0.2) is 44.7 Å². The van der Waals surface area contributed by atoms with Crippen LogP contribution in [-0.2, 0) is 20.9 Å². The lowest BCUT2D eigenvalue weighted by molar-refractivity contribution is -0.147. The summed E-state index contributed by atoms with van der Waals surface area (Å²) in [7, 11) is 4.78. The summed E-state index contributed by atoms with van der Waals surface area (Å²) in [6, 6.07) is 13.1. The van der Waals surface area contributed by atoms with Gasteiger partial charge in [-0.15, -0.1) is 0 Å². The number of esters is 1. The number of likely N-dealkylation sites (N-methyl/N-ethyl adjacent to an activating group) is 1. The molecule has 0 aliphatic rings. The van der Waals surface area contributed by atoms with Crippen molar-refractivity contribution < 1.29 is 23.8 Å². The first-order valence-electron chi connectivity index (χ1n) is 8.80. The number of carbonyl (C=O) groups excluding carboxylic acids is 2. The maximum absolute atomic E-state index is 12.2. The third kappa shape index (κ3) is 5.87. The molecule has 0 fully saturated rings. The molecule has 0 radical (unpaired) electrons. The van der Waals surface area contributed by atoms with Crippen LogP contribution in [0.15, 0.2) is 48.5 Å². The van der Waals surface area contributed by atoms with Crippen LogP contribution in [0.5, 0.6) is 11.5 Å². The second-order valence-corrected chi connectivity index (χ2v) is 6.23. The second kappa shape index (κ2) is 10.2. The molecule has 6 nitrogen and oxygen atoms in total. The van der Waals surface area contributed by atoms with Gasteiger partial charge in [0.1, 0.15) is 0 Å². The van der Waals surface area contributed by atoms with Crippen molar-refractivity contribution in [1.82, 2.24) is 4.90 Å². The molecule has 1 amide bonds. The summed E-state index contributed by atoms with van der Waals surface area (Å²) in [6.07, 6.45) is 2.86. The normalized spacial score (nSPS) is 10.6. The Balaban J connectivity index is 1.87. The van der Waals surface area contributed by atoms with E-state index in [1.54, 1.807) is 45.5 Å². The molecule has 0 bridgehead atoms. The second-order valence-electron chi connectivity index (χ2n) is 6.23. The number of hydrogen-bond donors (Lipinski definition) is 0. The Hall–Kier alpha value is -3.28. The van der Waals surface area contributed by atoms with Crippen LogP contribution in [0.25, 0.3) is 6.08 Å². The lowest BCUT2D eigenvalue weighted by Crippen LogP contribution is -2.30. The molecule has 6 heteroatoms. The summed E-state index contributed by atoms with van der Waals surface area (Å²) in [5.74, 6) is 0.305. The molecule has 0 unspecified atom stereocenters. The van der Waals surface area contributed by atoms with Gasteiger partial charge >= 0.3 is 5.97 Å². The fraction of sp³-hybridized carbons (Fsp3) is 0.273. The molecule has 0 aromatic heterocycles. The van der Waals surface area contributed by atoms with E-state index >= 15 is 0 Å². The number of hydrogen-bond acceptors (Lipinski definition) is 5. The topological polar surface area (TPSA) is 65.1 Å². The van der Waals surface area contributed by atoms with Gasteiger partial charge in [0.2, 0.25) is 0 Å². The standard InChI is InChI=1S/C22H25NO5/c1-16-7-5-6-8-18(16)14-23(2)21(24)15-28-22(25)12-10-17-9-11-19(26-3)20(13-17)27-4/h5-13H,14-15H2,1-4H3/b12-10+. The Morgan fingerprint density at radius 1 is 1.04 bits per heavy atom. The van der Waals surface area contributed by atoms with Crippen molar-refractivity contribution in [1.29, 1.82) is 0 Å².